The molecule has 0 saturated heterocycles. The van der Waals surface area contributed by atoms with Crippen LogP contribution in [0.4, 0.5) is 5.69 Å². The summed E-state index contributed by atoms with van der Waals surface area (Å²) in [7, 11) is 1.84. The first-order valence-electron chi connectivity index (χ1n) is 6.28. The van der Waals surface area contributed by atoms with E-state index in [-0.39, 0.29) is 5.91 Å². The molecule has 0 unspecified atom stereocenters. The fraction of sp³-hybridized carbons (Fsp3) is 0.143. The lowest BCUT2D eigenvalue weighted by Crippen LogP contribution is -2.22. The second-order valence-corrected chi connectivity index (χ2v) is 6.66. The van der Waals surface area contributed by atoms with Crippen molar-refractivity contribution in [2.24, 2.45) is 7.05 Å². The Kier molecular flexibility index (Phi) is 3.69. The maximum Gasteiger partial charge on any atom is 0.263 e. The first-order chi connectivity index (χ1) is 10.0. The number of nitrogens with two attached hydrogens (primary N) is 1. The minimum absolute atomic E-state index is 0.159. The second kappa shape index (κ2) is 5.50. The lowest BCUT2D eigenvalue weighted by atomic mass is 10.2. The average molecular weight is 365 g/mol. The van der Waals surface area contributed by atoms with Crippen molar-refractivity contribution in [3.8, 4) is 0 Å². The summed E-state index contributed by atoms with van der Waals surface area (Å²) in [6.07, 6.45) is 3.59. The summed E-state index contributed by atoms with van der Waals surface area (Å²) in [6.45, 7) is 0.435. The van der Waals surface area contributed by atoms with E-state index in [1.807, 2.05) is 31.4 Å². The van der Waals surface area contributed by atoms with Crippen molar-refractivity contribution in [3.63, 3.8) is 0 Å². The number of thiophene rings is 1. The molecule has 3 aromatic rings. The first-order valence-corrected chi connectivity index (χ1v) is 7.89. The maximum absolute atomic E-state index is 12.3. The van der Waals surface area contributed by atoms with Crippen molar-refractivity contribution < 1.29 is 4.79 Å². The molecule has 21 heavy (non-hydrogen) atoms. The van der Waals surface area contributed by atoms with Gasteiger partial charge in [0, 0.05) is 39.9 Å². The van der Waals surface area contributed by atoms with Crippen molar-refractivity contribution in [1.82, 2.24) is 15.1 Å². The number of rotatable bonds is 3. The van der Waals surface area contributed by atoms with Crippen molar-refractivity contribution in [2.45, 2.75) is 6.54 Å². The Hall–Kier alpha value is -1.86. The number of hydrogen-bond donors (Lipinski definition) is 2. The molecule has 1 amide bonds. The van der Waals surface area contributed by atoms with Crippen LogP contribution in [0.1, 0.15) is 15.2 Å². The number of aryl methyl sites for hydroxylation is 1. The molecule has 1 aromatic carbocycles. The summed E-state index contributed by atoms with van der Waals surface area (Å²) in [5, 5.41) is 7.84. The summed E-state index contributed by atoms with van der Waals surface area (Å²) in [5.41, 5.74) is 7.57. The van der Waals surface area contributed by atoms with Gasteiger partial charge < -0.3 is 11.1 Å². The van der Waals surface area contributed by atoms with Crippen molar-refractivity contribution in [1.29, 1.82) is 0 Å². The Morgan fingerprint density at radius 3 is 3.05 bits per heavy atom. The number of halogens is 1. The quantitative estimate of drug-likeness (QED) is 0.750. The number of carbonyl (C=O) groups is 1. The highest BCUT2D eigenvalue weighted by molar-refractivity contribution is 9.10. The van der Waals surface area contributed by atoms with E-state index < -0.39 is 0 Å². The smallest absolute Gasteiger partial charge is 0.263 e. The normalized spacial score (nSPS) is 11.0. The summed E-state index contributed by atoms with van der Waals surface area (Å²) in [4.78, 5) is 12.8. The number of nitrogens with one attached hydrogen (secondary N) is 1. The van der Waals surface area contributed by atoms with Gasteiger partial charge in [0.25, 0.3) is 5.91 Å². The van der Waals surface area contributed by atoms with E-state index in [0.29, 0.717) is 17.1 Å². The van der Waals surface area contributed by atoms with Crippen LogP contribution in [0.2, 0.25) is 0 Å². The van der Waals surface area contributed by atoms with Crippen molar-refractivity contribution >= 4 is 48.9 Å². The highest BCUT2D eigenvalue weighted by Gasteiger charge is 2.16. The van der Waals surface area contributed by atoms with E-state index in [9.17, 15) is 4.79 Å². The van der Waals surface area contributed by atoms with E-state index in [1.165, 1.54) is 11.3 Å². The molecule has 2 heterocycles. The van der Waals surface area contributed by atoms with Gasteiger partial charge in [-0.25, -0.2) is 0 Å². The number of nitrogen functional groups attached to an aromatic ring is 1. The van der Waals surface area contributed by atoms with E-state index >= 15 is 0 Å². The third-order valence-electron chi connectivity index (χ3n) is 3.11. The van der Waals surface area contributed by atoms with Crippen LogP contribution in [-0.2, 0) is 13.6 Å². The molecule has 0 fully saturated rings. The van der Waals surface area contributed by atoms with E-state index in [0.717, 1.165) is 20.1 Å². The van der Waals surface area contributed by atoms with Crippen LogP contribution in [-0.4, -0.2) is 15.7 Å². The van der Waals surface area contributed by atoms with Gasteiger partial charge in [-0.1, -0.05) is 15.9 Å². The molecule has 7 heteroatoms. The fourth-order valence-electron chi connectivity index (χ4n) is 2.08. The lowest BCUT2D eigenvalue weighted by molar-refractivity contribution is 0.0956. The molecule has 0 bridgehead atoms. The highest BCUT2D eigenvalue weighted by Crippen LogP contribution is 2.35. The Balaban J connectivity index is 1.82. The predicted octanol–water partition coefficient (Wildman–Crippen LogP) is 2.91. The molecule has 5 nitrogen and oxygen atoms in total. The molecule has 0 aliphatic rings. The molecule has 0 aliphatic carbocycles. The number of hydrogen-bond acceptors (Lipinski definition) is 4. The van der Waals surface area contributed by atoms with Gasteiger partial charge in [-0.05, 0) is 18.2 Å². The zero-order valence-corrected chi connectivity index (χ0v) is 13.7. The van der Waals surface area contributed by atoms with Gasteiger partial charge in [0.05, 0.1) is 11.9 Å². The Morgan fingerprint density at radius 2 is 2.33 bits per heavy atom. The maximum atomic E-state index is 12.3. The van der Waals surface area contributed by atoms with Crippen molar-refractivity contribution in [2.75, 3.05) is 5.73 Å². The number of benzene rings is 1. The molecule has 0 spiro atoms. The van der Waals surface area contributed by atoms with Crippen LogP contribution in [0.25, 0.3) is 10.1 Å². The zero-order chi connectivity index (χ0) is 15.0. The summed E-state index contributed by atoms with van der Waals surface area (Å²) in [5.74, 6) is -0.159. The average Bonchev–Trinajstić information content (AvgIpc) is 3.01. The standard InChI is InChI=1S/C14H13BrN4OS/c1-19-7-8(6-18-19)5-17-14(20)13-12(16)10-4-9(15)2-3-11(10)21-13/h2-4,6-7H,5,16H2,1H3,(H,17,20). The van der Waals surface area contributed by atoms with Gasteiger partial charge in [-0.15, -0.1) is 11.3 Å². The third kappa shape index (κ3) is 2.79. The van der Waals surface area contributed by atoms with Gasteiger partial charge in [0.2, 0.25) is 0 Å². The second-order valence-electron chi connectivity index (χ2n) is 4.69. The largest absolute Gasteiger partial charge is 0.397 e. The molecule has 3 N–H and O–H groups in total. The van der Waals surface area contributed by atoms with E-state index in [2.05, 4.69) is 26.3 Å². The van der Waals surface area contributed by atoms with Gasteiger partial charge in [0.15, 0.2) is 0 Å². The molecule has 0 atom stereocenters. The van der Waals surface area contributed by atoms with E-state index in [1.54, 1.807) is 10.9 Å². The summed E-state index contributed by atoms with van der Waals surface area (Å²) < 4.78 is 3.65. The van der Waals surface area contributed by atoms with Gasteiger partial charge in [-0.3, -0.25) is 9.48 Å². The van der Waals surface area contributed by atoms with Crippen LogP contribution in [0.15, 0.2) is 35.1 Å². The molecule has 0 aliphatic heterocycles. The predicted molar refractivity (Wildman–Crippen MR) is 88.3 cm³/mol. The van der Waals surface area contributed by atoms with Crippen LogP contribution < -0.4 is 11.1 Å². The summed E-state index contributed by atoms with van der Waals surface area (Å²) in [6, 6.07) is 5.83. The number of fused-ring (bicyclic) bond motifs is 1. The molecule has 2 aromatic heterocycles. The Labute approximate surface area is 133 Å². The van der Waals surface area contributed by atoms with E-state index in [4.69, 9.17) is 5.73 Å². The van der Waals surface area contributed by atoms with Crippen LogP contribution in [0.5, 0.6) is 0 Å². The molecule has 0 saturated carbocycles. The monoisotopic (exact) mass is 364 g/mol. The minimum Gasteiger partial charge on any atom is -0.397 e. The number of amides is 1. The Morgan fingerprint density at radius 1 is 1.52 bits per heavy atom. The molecule has 3 rings (SSSR count). The number of nitrogens with zero attached hydrogens (tertiary/aromatic N) is 2. The van der Waals surface area contributed by atoms with Gasteiger partial charge >= 0.3 is 0 Å². The third-order valence-corrected chi connectivity index (χ3v) is 4.78. The molecule has 108 valence electrons. The SMILES string of the molecule is Cn1cc(CNC(=O)c2sc3ccc(Br)cc3c2N)cn1. The van der Waals surface area contributed by atoms with Gasteiger partial charge in [-0.2, -0.15) is 5.10 Å². The summed E-state index contributed by atoms with van der Waals surface area (Å²) >= 11 is 4.82. The zero-order valence-electron chi connectivity index (χ0n) is 11.3. The highest BCUT2D eigenvalue weighted by atomic mass is 79.9. The molecular weight excluding hydrogens is 352 g/mol. The minimum atomic E-state index is -0.159. The number of carbonyl (C=O) groups excluding carboxylic acids is 1. The molecular formula is C14H13BrN4OS. The van der Waals surface area contributed by atoms with Crippen LogP contribution in [0.3, 0.4) is 0 Å². The number of aromatic nitrogens is 2. The first kappa shape index (κ1) is 14.1. The lowest BCUT2D eigenvalue weighted by Gasteiger charge is -2.02. The Bertz CT molecular complexity index is 824. The van der Waals surface area contributed by atoms with Crippen molar-refractivity contribution in [3.05, 3.63) is 45.5 Å². The van der Waals surface area contributed by atoms with Gasteiger partial charge in [0.1, 0.15) is 4.88 Å². The fourth-order valence-corrected chi connectivity index (χ4v) is 3.46. The van der Waals surface area contributed by atoms with Crippen LogP contribution >= 0.6 is 27.3 Å². The number of anilines is 1. The van der Waals surface area contributed by atoms with Crippen LogP contribution in [0, 0.1) is 0 Å². The molecule has 0 radical (unpaired) electrons. The topological polar surface area (TPSA) is 72.9 Å².